The van der Waals surface area contributed by atoms with Gasteiger partial charge in [0.15, 0.2) is 0 Å². The van der Waals surface area contributed by atoms with Gasteiger partial charge in [-0.15, -0.1) is 0 Å². The SMILES string of the molecule is CCCC(C)N1C(=O)C(C(C)CC)NC(=O)C1CCC. The van der Waals surface area contributed by atoms with Gasteiger partial charge >= 0.3 is 0 Å². The van der Waals surface area contributed by atoms with E-state index >= 15 is 0 Å². The zero-order valence-corrected chi connectivity index (χ0v) is 13.6. The van der Waals surface area contributed by atoms with E-state index in [0.717, 1.165) is 32.1 Å². The Labute approximate surface area is 123 Å². The van der Waals surface area contributed by atoms with Crippen molar-refractivity contribution < 1.29 is 9.59 Å². The van der Waals surface area contributed by atoms with Crippen molar-refractivity contribution in [3.63, 3.8) is 0 Å². The molecule has 20 heavy (non-hydrogen) atoms. The first kappa shape index (κ1) is 17.0. The lowest BCUT2D eigenvalue weighted by Gasteiger charge is -2.44. The average Bonchev–Trinajstić information content (AvgIpc) is 2.42. The van der Waals surface area contributed by atoms with Gasteiger partial charge in [0.1, 0.15) is 12.1 Å². The molecule has 4 nitrogen and oxygen atoms in total. The van der Waals surface area contributed by atoms with Crippen LogP contribution < -0.4 is 5.32 Å². The fourth-order valence-corrected chi connectivity index (χ4v) is 3.00. The van der Waals surface area contributed by atoms with E-state index in [1.165, 1.54) is 0 Å². The number of piperazine rings is 1. The molecule has 0 radical (unpaired) electrons. The smallest absolute Gasteiger partial charge is 0.246 e. The highest BCUT2D eigenvalue weighted by Crippen LogP contribution is 2.24. The first-order chi connectivity index (χ1) is 9.47. The second-order valence-electron chi connectivity index (χ2n) is 6.06. The maximum Gasteiger partial charge on any atom is 0.246 e. The van der Waals surface area contributed by atoms with Gasteiger partial charge in [0, 0.05) is 6.04 Å². The fraction of sp³-hybridized carbons (Fsp3) is 0.875. The van der Waals surface area contributed by atoms with Crippen molar-refractivity contribution in [3.8, 4) is 0 Å². The lowest BCUT2D eigenvalue weighted by Crippen LogP contribution is -2.66. The molecule has 4 unspecified atom stereocenters. The van der Waals surface area contributed by atoms with Crippen LogP contribution in [0.15, 0.2) is 0 Å². The topological polar surface area (TPSA) is 49.4 Å². The number of carbonyl (C=O) groups excluding carboxylic acids is 2. The summed E-state index contributed by atoms with van der Waals surface area (Å²) < 4.78 is 0. The van der Waals surface area contributed by atoms with Gasteiger partial charge in [0.25, 0.3) is 0 Å². The summed E-state index contributed by atoms with van der Waals surface area (Å²) in [4.78, 5) is 27.0. The second-order valence-corrected chi connectivity index (χ2v) is 6.06. The van der Waals surface area contributed by atoms with E-state index in [2.05, 4.69) is 33.0 Å². The molecule has 1 heterocycles. The van der Waals surface area contributed by atoms with Crippen molar-refractivity contribution in [2.45, 2.75) is 84.8 Å². The Hall–Kier alpha value is -1.06. The van der Waals surface area contributed by atoms with Crippen molar-refractivity contribution in [2.75, 3.05) is 0 Å². The molecule has 0 aromatic rings. The van der Waals surface area contributed by atoms with Gasteiger partial charge in [-0.2, -0.15) is 0 Å². The van der Waals surface area contributed by atoms with E-state index < -0.39 is 0 Å². The van der Waals surface area contributed by atoms with Crippen LogP contribution >= 0.6 is 0 Å². The zero-order valence-electron chi connectivity index (χ0n) is 13.6. The molecule has 0 bridgehead atoms. The number of rotatable bonds is 7. The Morgan fingerprint density at radius 1 is 1.15 bits per heavy atom. The van der Waals surface area contributed by atoms with Gasteiger partial charge in [-0.05, 0) is 25.7 Å². The van der Waals surface area contributed by atoms with E-state index in [0.29, 0.717) is 0 Å². The van der Waals surface area contributed by atoms with E-state index in [-0.39, 0.29) is 35.9 Å². The molecule has 2 amide bonds. The first-order valence-corrected chi connectivity index (χ1v) is 8.10. The fourth-order valence-electron chi connectivity index (χ4n) is 3.00. The number of hydrogen-bond acceptors (Lipinski definition) is 2. The van der Waals surface area contributed by atoms with Crippen molar-refractivity contribution in [1.29, 1.82) is 0 Å². The minimum absolute atomic E-state index is 0.0275. The summed E-state index contributed by atoms with van der Waals surface area (Å²) in [6, 6.07) is -0.490. The van der Waals surface area contributed by atoms with Crippen LogP contribution in [0.2, 0.25) is 0 Å². The lowest BCUT2D eigenvalue weighted by molar-refractivity contribution is -0.153. The summed E-state index contributed by atoms with van der Waals surface area (Å²) >= 11 is 0. The van der Waals surface area contributed by atoms with Crippen molar-refractivity contribution in [1.82, 2.24) is 10.2 Å². The number of nitrogens with zero attached hydrogens (tertiary/aromatic N) is 1. The summed E-state index contributed by atoms with van der Waals surface area (Å²) in [6.07, 6.45) is 4.53. The highest BCUT2D eigenvalue weighted by molar-refractivity contribution is 5.97. The third kappa shape index (κ3) is 3.53. The van der Waals surface area contributed by atoms with Crippen LogP contribution in [-0.2, 0) is 9.59 Å². The molecule has 0 aromatic carbocycles. The van der Waals surface area contributed by atoms with Crippen molar-refractivity contribution in [3.05, 3.63) is 0 Å². The molecule has 4 heteroatoms. The first-order valence-electron chi connectivity index (χ1n) is 8.10. The standard InChI is InChI=1S/C16H30N2O2/c1-6-9-12(5)18-13(10-7-2)15(19)17-14(16(18)20)11(4)8-3/h11-14H,6-10H2,1-5H3,(H,17,19). The molecule has 1 fully saturated rings. The molecule has 1 N–H and O–H groups in total. The second kappa shape index (κ2) is 7.65. The minimum atomic E-state index is -0.347. The Morgan fingerprint density at radius 2 is 1.80 bits per heavy atom. The van der Waals surface area contributed by atoms with Crippen LogP contribution in [0, 0.1) is 5.92 Å². The van der Waals surface area contributed by atoms with Gasteiger partial charge in [-0.3, -0.25) is 9.59 Å². The maximum absolute atomic E-state index is 12.8. The number of carbonyl (C=O) groups is 2. The summed E-state index contributed by atoms with van der Waals surface area (Å²) in [5, 5.41) is 2.95. The third-order valence-corrected chi connectivity index (χ3v) is 4.41. The monoisotopic (exact) mass is 282 g/mol. The average molecular weight is 282 g/mol. The quantitative estimate of drug-likeness (QED) is 0.780. The van der Waals surface area contributed by atoms with Gasteiger partial charge in [-0.25, -0.2) is 0 Å². The maximum atomic E-state index is 12.8. The molecule has 4 atom stereocenters. The Bertz CT molecular complexity index is 343. The summed E-state index contributed by atoms with van der Waals surface area (Å²) in [5.74, 6) is 0.323. The Balaban J connectivity index is 3.00. The van der Waals surface area contributed by atoms with E-state index in [4.69, 9.17) is 0 Å². The predicted octanol–water partition coefficient (Wildman–Crippen LogP) is 2.72. The van der Waals surface area contributed by atoms with Crippen molar-refractivity contribution >= 4 is 11.8 Å². The predicted molar refractivity (Wildman–Crippen MR) is 81.3 cm³/mol. The molecule has 1 saturated heterocycles. The van der Waals surface area contributed by atoms with E-state index in [9.17, 15) is 9.59 Å². The van der Waals surface area contributed by atoms with Crippen LogP contribution in [-0.4, -0.2) is 34.8 Å². The van der Waals surface area contributed by atoms with E-state index in [1.54, 1.807) is 0 Å². The number of amides is 2. The summed E-state index contributed by atoms with van der Waals surface area (Å²) in [7, 11) is 0. The highest BCUT2D eigenvalue weighted by Gasteiger charge is 2.43. The van der Waals surface area contributed by atoms with Crippen LogP contribution in [0.5, 0.6) is 0 Å². The molecule has 0 aromatic heterocycles. The van der Waals surface area contributed by atoms with Crippen LogP contribution in [0.4, 0.5) is 0 Å². The van der Waals surface area contributed by atoms with Gasteiger partial charge in [0.05, 0.1) is 0 Å². The molecule has 1 aliphatic rings. The third-order valence-electron chi connectivity index (χ3n) is 4.41. The molecule has 1 rings (SSSR count). The van der Waals surface area contributed by atoms with E-state index in [1.807, 2.05) is 11.8 Å². The Kier molecular flexibility index (Phi) is 6.50. The zero-order chi connectivity index (χ0) is 15.3. The normalized spacial score (nSPS) is 26.4. The number of nitrogens with one attached hydrogen (secondary N) is 1. The van der Waals surface area contributed by atoms with Gasteiger partial charge in [-0.1, -0.05) is 47.0 Å². The number of hydrogen-bond donors (Lipinski definition) is 1. The molecule has 1 aliphatic heterocycles. The van der Waals surface area contributed by atoms with Gasteiger partial charge in [0.2, 0.25) is 11.8 Å². The molecular formula is C16H30N2O2. The summed E-state index contributed by atoms with van der Waals surface area (Å²) in [6.45, 7) is 10.3. The largest absolute Gasteiger partial charge is 0.342 e. The van der Waals surface area contributed by atoms with Crippen LogP contribution in [0.3, 0.4) is 0 Å². The molecule has 0 aliphatic carbocycles. The van der Waals surface area contributed by atoms with Crippen LogP contribution in [0.25, 0.3) is 0 Å². The van der Waals surface area contributed by atoms with Crippen LogP contribution in [0.1, 0.15) is 66.7 Å². The molecule has 116 valence electrons. The summed E-state index contributed by atoms with van der Waals surface area (Å²) in [5.41, 5.74) is 0. The molecule has 0 spiro atoms. The lowest BCUT2D eigenvalue weighted by atomic mass is 9.91. The Morgan fingerprint density at radius 3 is 2.30 bits per heavy atom. The highest BCUT2D eigenvalue weighted by atomic mass is 16.2. The minimum Gasteiger partial charge on any atom is -0.342 e. The van der Waals surface area contributed by atoms with Gasteiger partial charge < -0.3 is 10.2 Å². The molecular weight excluding hydrogens is 252 g/mol. The van der Waals surface area contributed by atoms with Crippen molar-refractivity contribution in [2.24, 2.45) is 5.92 Å². The molecule has 0 saturated carbocycles.